The van der Waals surface area contributed by atoms with E-state index in [1.165, 1.54) is 16.4 Å². The van der Waals surface area contributed by atoms with Crippen molar-refractivity contribution in [2.75, 3.05) is 24.6 Å². The number of aliphatic hydroxyl groups excluding tert-OH is 1. The Bertz CT molecular complexity index is 1220. The van der Waals surface area contributed by atoms with Crippen molar-refractivity contribution in [3.8, 4) is 0 Å². The van der Waals surface area contributed by atoms with Crippen molar-refractivity contribution < 1.29 is 26.7 Å². The number of nitrogens with zero attached hydrogens (tertiary/aromatic N) is 1. The molecule has 3 atom stereocenters. The fraction of sp³-hybridized carbons (Fsp3) is 0.519. The summed E-state index contributed by atoms with van der Waals surface area (Å²) in [5, 5.41) is 14.2. The van der Waals surface area contributed by atoms with Crippen LogP contribution in [0.4, 0.5) is 0 Å². The highest BCUT2D eigenvalue weighted by molar-refractivity contribution is 7.91. The second-order valence-corrected chi connectivity index (χ2v) is 14.4. The second-order valence-electron chi connectivity index (χ2n) is 10.2. The molecule has 0 saturated carbocycles. The molecule has 1 heterocycles. The fourth-order valence-corrected chi connectivity index (χ4v) is 7.67. The van der Waals surface area contributed by atoms with Crippen LogP contribution in [0.2, 0.25) is 0 Å². The molecule has 1 fully saturated rings. The second kappa shape index (κ2) is 13.0. The number of nitrogens with one attached hydrogen (secondary N) is 1. The Balaban J connectivity index is 1.84. The highest BCUT2D eigenvalue weighted by Crippen LogP contribution is 2.21. The Hall–Kier alpha value is -2.27. The van der Waals surface area contributed by atoms with Gasteiger partial charge in [-0.3, -0.25) is 4.79 Å². The summed E-state index contributed by atoms with van der Waals surface area (Å²) in [5.41, 5.74) is 0.864. The number of carbonyl (C=O) groups excluding carboxylic acids is 1. The average molecular weight is 551 g/mol. The van der Waals surface area contributed by atoms with Crippen LogP contribution >= 0.6 is 0 Å². The molecule has 0 bridgehead atoms. The molecule has 3 unspecified atom stereocenters. The lowest BCUT2D eigenvalue weighted by atomic mass is 9.98. The molecular formula is C27H38N2O6S2. The molecule has 8 nitrogen and oxygen atoms in total. The lowest BCUT2D eigenvalue weighted by molar-refractivity contribution is -0.126. The molecular weight excluding hydrogens is 512 g/mol. The number of rotatable bonds is 12. The molecule has 0 aromatic heterocycles. The van der Waals surface area contributed by atoms with Crippen LogP contribution in [0.5, 0.6) is 0 Å². The van der Waals surface area contributed by atoms with Crippen LogP contribution < -0.4 is 5.32 Å². The van der Waals surface area contributed by atoms with Crippen molar-refractivity contribution in [1.82, 2.24) is 9.62 Å². The van der Waals surface area contributed by atoms with E-state index in [-0.39, 0.29) is 41.8 Å². The summed E-state index contributed by atoms with van der Waals surface area (Å²) >= 11 is 0. The van der Waals surface area contributed by atoms with Crippen molar-refractivity contribution in [2.45, 2.75) is 56.6 Å². The monoisotopic (exact) mass is 550 g/mol. The van der Waals surface area contributed by atoms with Crippen molar-refractivity contribution in [1.29, 1.82) is 0 Å². The number of benzene rings is 2. The number of aliphatic hydroxyl groups is 1. The third-order valence-electron chi connectivity index (χ3n) is 6.65. The molecule has 37 heavy (non-hydrogen) atoms. The number of sulfonamides is 1. The van der Waals surface area contributed by atoms with Crippen LogP contribution in [0, 0.1) is 11.8 Å². The summed E-state index contributed by atoms with van der Waals surface area (Å²) in [4.78, 5) is 13.2. The molecule has 1 aliphatic rings. The maximum atomic E-state index is 13.5. The first-order valence-electron chi connectivity index (χ1n) is 12.8. The van der Waals surface area contributed by atoms with Gasteiger partial charge in [0.05, 0.1) is 34.5 Å². The fourth-order valence-electron chi connectivity index (χ4n) is 4.47. The molecule has 0 spiro atoms. The van der Waals surface area contributed by atoms with Gasteiger partial charge in [0, 0.05) is 13.1 Å². The highest BCUT2D eigenvalue weighted by atomic mass is 32.2. The van der Waals surface area contributed by atoms with Gasteiger partial charge in [0.25, 0.3) is 0 Å². The van der Waals surface area contributed by atoms with Gasteiger partial charge in [-0.2, -0.15) is 4.31 Å². The summed E-state index contributed by atoms with van der Waals surface area (Å²) < 4.78 is 52.4. The zero-order valence-electron chi connectivity index (χ0n) is 21.5. The molecule has 204 valence electrons. The van der Waals surface area contributed by atoms with Crippen molar-refractivity contribution in [3.05, 3.63) is 66.2 Å². The first kappa shape index (κ1) is 29.3. The molecule has 1 aliphatic heterocycles. The van der Waals surface area contributed by atoms with Gasteiger partial charge in [0.15, 0.2) is 9.84 Å². The van der Waals surface area contributed by atoms with E-state index in [4.69, 9.17) is 0 Å². The predicted molar refractivity (Wildman–Crippen MR) is 144 cm³/mol. The SMILES string of the molecule is CC(C)CCN(CC(O)C(Cc1ccccc1)NC(=O)C1CCCS(=O)(=O)C1)S(=O)(=O)c1ccccc1. The third kappa shape index (κ3) is 8.63. The molecule has 1 amide bonds. The number of sulfone groups is 1. The van der Waals surface area contributed by atoms with Gasteiger partial charge in [-0.15, -0.1) is 0 Å². The lowest BCUT2D eigenvalue weighted by Gasteiger charge is -2.31. The minimum absolute atomic E-state index is 0.0784. The van der Waals surface area contributed by atoms with Crippen molar-refractivity contribution in [2.24, 2.45) is 11.8 Å². The van der Waals surface area contributed by atoms with Crippen LogP contribution in [0.25, 0.3) is 0 Å². The molecule has 2 aromatic carbocycles. The molecule has 0 radical (unpaired) electrons. The Labute approximate surface area is 221 Å². The van der Waals surface area contributed by atoms with Crippen LogP contribution in [-0.4, -0.2) is 68.9 Å². The van der Waals surface area contributed by atoms with E-state index in [1.807, 2.05) is 44.2 Å². The Kier molecular flexibility index (Phi) is 10.3. The van der Waals surface area contributed by atoms with E-state index in [2.05, 4.69) is 5.32 Å². The molecule has 2 aromatic rings. The standard InChI is InChI=1S/C27H38N2O6S2/c1-21(2)15-16-29(37(34,35)24-13-7-4-8-14-24)19-26(30)25(18-22-10-5-3-6-11-22)28-27(31)23-12-9-17-36(32,33)20-23/h3-8,10-11,13-14,21,23,25-26,30H,9,12,15-20H2,1-2H3,(H,28,31). The highest BCUT2D eigenvalue weighted by Gasteiger charge is 2.34. The summed E-state index contributed by atoms with van der Waals surface area (Å²) in [6, 6.07) is 16.6. The number of hydrogen-bond donors (Lipinski definition) is 2. The average Bonchev–Trinajstić information content (AvgIpc) is 2.86. The molecule has 2 N–H and O–H groups in total. The summed E-state index contributed by atoms with van der Waals surface area (Å²) in [6.07, 6.45) is 0.549. The molecule has 0 aliphatic carbocycles. The lowest BCUT2D eigenvalue weighted by Crippen LogP contribution is -2.52. The van der Waals surface area contributed by atoms with Crippen molar-refractivity contribution >= 4 is 25.8 Å². The number of carbonyl (C=O) groups is 1. The van der Waals surface area contributed by atoms with Gasteiger partial charge < -0.3 is 10.4 Å². The maximum Gasteiger partial charge on any atom is 0.243 e. The van der Waals surface area contributed by atoms with Gasteiger partial charge in [-0.05, 0) is 49.3 Å². The Morgan fingerprint density at radius 2 is 1.70 bits per heavy atom. The first-order valence-corrected chi connectivity index (χ1v) is 16.0. The van der Waals surface area contributed by atoms with Crippen LogP contribution in [0.3, 0.4) is 0 Å². The van der Waals surface area contributed by atoms with Crippen LogP contribution in [0.1, 0.15) is 38.7 Å². The predicted octanol–water partition coefficient (Wildman–Crippen LogP) is 2.64. The summed E-state index contributed by atoms with van der Waals surface area (Å²) in [6.45, 7) is 4.02. The smallest absolute Gasteiger partial charge is 0.243 e. The largest absolute Gasteiger partial charge is 0.390 e. The molecule has 1 saturated heterocycles. The van der Waals surface area contributed by atoms with Crippen molar-refractivity contribution in [3.63, 3.8) is 0 Å². The van der Waals surface area contributed by atoms with Gasteiger partial charge in [-0.1, -0.05) is 62.4 Å². The maximum absolute atomic E-state index is 13.5. The summed E-state index contributed by atoms with van der Waals surface area (Å²) in [5.74, 6) is -0.999. The molecule has 3 rings (SSSR count). The minimum atomic E-state index is -3.88. The van der Waals surface area contributed by atoms with E-state index >= 15 is 0 Å². The van der Waals surface area contributed by atoms with E-state index in [0.717, 1.165) is 5.56 Å². The van der Waals surface area contributed by atoms with Gasteiger partial charge >= 0.3 is 0 Å². The van der Waals surface area contributed by atoms with Crippen LogP contribution in [-0.2, 0) is 31.1 Å². The van der Waals surface area contributed by atoms with Crippen LogP contribution in [0.15, 0.2) is 65.6 Å². The summed E-state index contributed by atoms with van der Waals surface area (Å²) in [7, 11) is -7.17. The van der Waals surface area contributed by atoms with Gasteiger partial charge in [0.2, 0.25) is 15.9 Å². The topological polar surface area (TPSA) is 121 Å². The minimum Gasteiger partial charge on any atom is -0.390 e. The normalized spacial score (nSPS) is 19.4. The van der Waals surface area contributed by atoms with E-state index in [1.54, 1.807) is 18.2 Å². The van der Waals surface area contributed by atoms with E-state index in [9.17, 15) is 26.7 Å². The van der Waals surface area contributed by atoms with E-state index < -0.39 is 43.8 Å². The number of amides is 1. The zero-order valence-corrected chi connectivity index (χ0v) is 23.1. The zero-order chi connectivity index (χ0) is 27.1. The quantitative estimate of drug-likeness (QED) is 0.419. The molecule has 10 heteroatoms. The Morgan fingerprint density at radius 1 is 1.08 bits per heavy atom. The van der Waals surface area contributed by atoms with E-state index in [0.29, 0.717) is 19.3 Å². The first-order chi connectivity index (χ1) is 17.5. The van der Waals surface area contributed by atoms with Gasteiger partial charge in [0.1, 0.15) is 0 Å². The third-order valence-corrected chi connectivity index (χ3v) is 10.4. The van der Waals surface area contributed by atoms with Gasteiger partial charge in [-0.25, -0.2) is 16.8 Å². The number of hydrogen-bond acceptors (Lipinski definition) is 6. The Morgan fingerprint density at radius 3 is 2.30 bits per heavy atom.